The van der Waals surface area contributed by atoms with Crippen LogP contribution < -0.4 is 0 Å². The quantitative estimate of drug-likeness (QED) is 0.386. The van der Waals surface area contributed by atoms with Crippen LogP contribution in [0.25, 0.3) is 0 Å². The van der Waals surface area contributed by atoms with Crippen LogP contribution in [0.15, 0.2) is 0 Å². The highest BCUT2D eigenvalue weighted by atomic mass is 35.6. The lowest BCUT2D eigenvalue weighted by Gasteiger charge is -2.11. The van der Waals surface area contributed by atoms with Gasteiger partial charge in [0, 0.05) is 12.8 Å². The maximum Gasteiger partial charge on any atom is 0.305 e. The van der Waals surface area contributed by atoms with Crippen molar-refractivity contribution < 1.29 is 19.1 Å². The van der Waals surface area contributed by atoms with Crippen LogP contribution in [0, 0.1) is 5.92 Å². The molecule has 112 valence electrons. The number of carbonyl (C=O) groups is 2. The van der Waals surface area contributed by atoms with Crippen molar-refractivity contribution in [2.75, 3.05) is 13.2 Å². The Bertz CT molecular complexity index is 287. The Kier molecular flexibility index (Phi) is 9.58. The molecule has 0 heterocycles. The van der Waals surface area contributed by atoms with Crippen LogP contribution in [-0.2, 0) is 19.1 Å². The van der Waals surface area contributed by atoms with Crippen molar-refractivity contribution in [1.82, 2.24) is 0 Å². The molecule has 0 aromatic rings. The summed E-state index contributed by atoms with van der Waals surface area (Å²) in [5.41, 5.74) is 0. The van der Waals surface area contributed by atoms with Crippen LogP contribution in [0.4, 0.5) is 0 Å². The molecule has 4 nitrogen and oxygen atoms in total. The van der Waals surface area contributed by atoms with Crippen LogP contribution in [0.5, 0.6) is 0 Å². The van der Waals surface area contributed by atoms with Crippen molar-refractivity contribution in [3.05, 3.63) is 0 Å². The molecule has 0 rings (SSSR count). The molecule has 0 aliphatic heterocycles. The Morgan fingerprint density at radius 1 is 1.00 bits per heavy atom. The van der Waals surface area contributed by atoms with Gasteiger partial charge in [0.1, 0.15) is 6.61 Å². The van der Waals surface area contributed by atoms with Gasteiger partial charge in [-0.1, -0.05) is 48.7 Å². The summed E-state index contributed by atoms with van der Waals surface area (Å²) in [7, 11) is 0. The van der Waals surface area contributed by atoms with Gasteiger partial charge in [-0.25, -0.2) is 0 Å². The summed E-state index contributed by atoms with van der Waals surface area (Å²) in [6, 6.07) is 0. The number of rotatable bonds is 8. The Morgan fingerprint density at radius 3 is 1.89 bits per heavy atom. The van der Waals surface area contributed by atoms with Crippen LogP contribution in [0.1, 0.15) is 39.5 Å². The number of carbonyl (C=O) groups excluding carboxylic acids is 2. The molecule has 0 saturated heterocycles. The normalized spacial score (nSPS) is 11.5. The number of hydrogen-bond acceptors (Lipinski definition) is 4. The lowest BCUT2D eigenvalue weighted by atomic mass is 10.2. The molecule has 0 aliphatic rings. The van der Waals surface area contributed by atoms with Gasteiger partial charge in [-0.3, -0.25) is 9.59 Å². The van der Waals surface area contributed by atoms with Gasteiger partial charge >= 0.3 is 11.9 Å². The molecule has 0 bridgehead atoms. The number of hydrogen-bond donors (Lipinski definition) is 0. The van der Waals surface area contributed by atoms with Gasteiger partial charge in [-0.05, 0) is 18.8 Å². The smallest absolute Gasteiger partial charge is 0.305 e. The Balaban J connectivity index is 3.53. The van der Waals surface area contributed by atoms with Crippen LogP contribution >= 0.6 is 34.8 Å². The van der Waals surface area contributed by atoms with E-state index in [2.05, 4.69) is 0 Å². The zero-order chi connectivity index (χ0) is 14.9. The lowest BCUT2D eigenvalue weighted by molar-refractivity contribution is -0.146. The number of ether oxygens (including phenoxy) is 2. The molecule has 0 saturated carbocycles. The fourth-order valence-corrected chi connectivity index (χ4v) is 1.27. The fourth-order valence-electron chi connectivity index (χ4n) is 1.10. The molecule has 0 atom stereocenters. The molecule has 0 radical (unpaired) electrons. The predicted molar refractivity (Wildman–Crippen MR) is 75.5 cm³/mol. The highest BCUT2D eigenvalue weighted by Gasteiger charge is 2.21. The van der Waals surface area contributed by atoms with Crippen LogP contribution in [-0.4, -0.2) is 28.9 Å². The summed E-state index contributed by atoms with van der Waals surface area (Å²) in [6.07, 6.45) is 1.60. The Hall–Kier alpha value is -0.190. The molecular weight excluding hydrogens is 314 g/mol. The molecule has 0 aromatic heterocycles. The van der Waals surface area contributed by atoms with Crippen molar-refractivity contribution in [2.45, 2.75) is 43.3 Å². The molecule has 0 spiro atoms. The van der Waals surface area contributed by atoms with Gasteiger partial charge < -0.3 is 9.47 Å². The standard InChI is InChI=1S/C12H19Cl3O4/c1-9(2)7-18-10(16)5-3-4-6-11(17)19-8-12(13,14)15/h9H,3-8H2,1-2H3. The van der Waals surface area contributed by atoms with Crippen molar-refractivity contribution in [1.29, 1.82) is 0 Å². The monoisotopic (exact) mass is 332 g/mol. The second-order valence-corrected chi connectivity index (χ2v) is 7.08. The first-order valence-electron chi connectivity index (χ1n) is 6.08. The summed E-state index contributed by atoms with van der Waals surface area (Å²) in [5.74, 6) is -0.369. The first kappa shape index (κ1) is 18.8. The van der Waals surface area contributed by atoms with E-state index >= 15 is 0 Å². The van der Waals surface area contributed by atoms with E-state index in [-0.39, 0.29) is 19.0 Å². The highest BCUT2D eigenvalue weighted by Crippen LogP contribution is 2.26. The fraction of sp³-hybridized carbons (Fsp3) is 0.833. The third-order valence-electron chi connectivity index (χ3n) is 1.99. The molecular formula is C12H19Cl3O4. The maximum absolute atomic E-state index is 11.3. The summed E-state index contributed by atoms with van der Waals surface area (Å²) >= 11 is 16.3. The number of esters is 2. The third-order valence-corrected chi connectivity index (χ3v) is 2.31. The number of unbranched alkanes of at least 4 members (excludes halogenated alkanes) is 1. The van der Waals surface area contributed by atoms with Crippen LogP contribution in [0.3, 0.4) is 0 Å². The number of alkyl halides is 3. The van der Waals surface area contributed by atoms with Crippen molar-refractivity contribution in [2.24, 2.45) is 5.92 Å². The van der Waals surface area contributed by atoms with Gasteiger partial charge in [-0.2, -0.15) is 0 Å². The molecule has 7 heteroatoms. The van der Waals surface area contributed by atoms with Gasteiger partial charge in [-0.15, -0.1) is 0 Å². The van der Waals surface area contributed by atoms with E-state index in [1.54, 1.807) is 0 Å². The molecule has 0 N–H and O–H groups in total. The summed E-state index contributed by atoms with van der Waals surface area (Å²) in [5, 5.41) is 0. The minimum Gasteiger partial charge on any atom is -0.465 e. The second kappa shape index (κ2) is 9.67. The van der Waals surface area contributed by atoms with Crippen molar-refractivity contribution in [3.8, 4) is 0 Å². The van der Waals surface area contributed by atoms with E-state index in [1.165, 1.54) is 0 Å². The molecule has 0 aliphatic carbocycles. The second-order valence-electron chi connectivity index (χ2n) is 4.56. The summed E-state index contributed by atoms with van der Waals surface area (Å²) in [6.45, 7) is 4.08. The molecule has 0 fully saturated rings. The van der Waals surface area contributed by atoms with Gasteiger partial charge in [0.15, 0.2) is 0 Å². The van der Waals surface area contributed by atoms with Gasteiger partial charge in [0.25, 0.3) is 0 Å². The molecule has 0 unspecified atom stereocenters. The van der Waals surface area contributed by atoms with E-state index in [4.69, 9.17) is 44.3 Å². The zero-order valence-corrected chi connectivity index (χ0v) is 13.4. The Morgan fingerprint density at radius 2 is 1.47 bits per heavy atom. The van der Waals surface area contributed by atoms with E-state index in [0.717, 1.165) is 0 Å². The zero-order valence-electron chi connectivity index (χ0n) is 11.1. The largest absolute Gasteiger partial charge is 0.465 e. The summed E-state index contributed by atoms with van der Waals surface area (Å²) in [4.78, 5) is 22.5. The predicted octanol–water partition coefficient (Wildman–Crippen LogP) is 3.66. The van der Waals surface area contributed by atoms with E-state index in [9.17, 15) is 9.59 Å². The maximum atomic E-state index is 11.3. The van der Waals surface area contributed by atoms with E-state index in [0.29, 0.717) is 31.8 Å². The minimum atomic E-state index is -1.59. The van der Waals surface area contributed by atoms with Gasteiger partial charge in [0.05, 0.1) is 6.61 Å². The SMILES string of the molecule is CC(C)COC(=O)CCCCC(=O)OCC(Cl)(Cl)Cl. The van der Waals surface area contributed by atoms with E-state index < -0.39 is 9.76 Å². The Labute approximate surface area is 128 Å². The molecule has 0 amide bonds. The van der Waals surface area contributed by atoms with Crippen molar-refractivity contribution >= 4 is 46.7 Å². The minimum absolute atomic E-state index is 0.193. The lowest BCUT2D eigenvalue weighted by Crippen LogP contribution is -2.17. The number of halogens is 3. The van der Waals surface area contributed by atoms with Crippen LogP contribution in [0.2, 0.25) is 0 Å². The summed E-state index contributed by atoms with van der Waals surface area (Å²) < 4.78 is 8.15. The topological polar surface area (TPSA) is 52.6 Å². The highest BCUT2D eigenvalue weighted by molar-refractivity contribution is 6.67. The van der Waals surface area contributed by atoms with Crippen molar-refractivity contribution in [3.63, 3.8) is 0 Å². The average molecular weight is 334 g/mol. The third kappa shape index (κ3) is 14.0. The molecule has 19 heavy (non-hydrogen) atoms. The first-order chi connectivity index (χ1) is 8.70. The first-order valence-corrected chi connectivity index (χ1v) is 7.22. The average Bonchev–Trinajstić information content (AvgIpc) is 2.28. The van der Waals surface area contributed by atoms with Gasteiger partial charge in [0.2, 0.25) is 3.79 Å². The van der Waals surface area contributed by atoms with E-state index in [1.807, 2.05) is 13.8 Å². The molecule has 0 aromatic carbocycles.